The number of nitrogens with one attached hydrogen (secondary N) is 1. The number of aryl methyl sites for hydroxylation is 1. The van der Waals surface area contributed by atoms with Gasteiger partial charge in [0.2, 0.25) is 0 Å². The summed E-state index contributed by atoms with van der Waals surface area (Å²) < 4.78 is 0. The number of rotatable bonds is 6. The van der Waals surface area contributed by atoms with Crippen LogP contribution in [0, 0.1) is 18.3 Å². The molecule has 0 saturated heterocycles. The second-order valence-electron chi connectivity index (χ2n) is 5.63. The Morgan fingerprint density at radius 1 is 1.16 bits per heavy atom. The summed E-state index contributed by atoms with van der Waals surface area (Å²) in [6.07, 6.45) is 5.60. The minimum atomic E-state index is -0.384. The third kappa shape index (κ3) is 6.00. The molecule has 0 aromatic heterocycles. The molecule has 0 radical (unpaired) electrons. The van der Waals surface area contributed by atoms with Crippen molar-refractivity contribution in [3.63, 3.8) is 0 Å². The molecule has 0 spiro atoms. The Morgan fingerprint density at radius 2 is 1.84 bits per heavy atom. The minimum Gasteiger partial charge on any atom is -0.508 e. The molecule has 0 atom stereocenters. The van der Waals surface area contributed by atoms with Gasteiger partial charge < -0.3 is 10.4 Å². The Hall–Kier alpha value is -3.32. The summed E-state index contributed by atoms with van der Waals surface area (Å²) in [4.78, 5) is 12.0. The number of hydrogen-bond acceptors (Lipinski definition) is 3. The lowest BCUT2D eigenvalue weighted by Gasteiger charge is -2.04. The van der Waals surface area contributed by atoms with E-state index in [1.54, 1.807) is 36.4 Å². The molecule has 0 aliphatic rings. The van der Waals surface area contributed by atoms with Crippen molar-refractivity contribution in [3.8, 4) is 11.8 Å². The molecule has 4 nitrogen and oxygen atoms in total. The Balaban J connectivity index is 1.88. The van der Waals surface area contributed by atoms with Gasteiger partial charge in [-0.2, -0.15) is 5.26 Å². The van der Waals surface area contributed by atoms with Crippen LogP contribution in [0.2, 0.25) is 0 Å². The lowest BCUT2D eigenvalue weighted by molar-refractivity contribution is -0.117. The van der Waals surface area contributed by atoms with E-state index in [1.165, 1.54) is 11.6 Å². The summed E-state index contributed by atoms with van der Waals surface area (Å²) in [5.74, 6) is -0.191. The van der Waals surface area contributed by atoms with Crippen LogP contribution in [0.15, 0.2) is 66.3 Å². The zero-order chi connectivity index (χ0) is 18.1. The Labute approximate surface area is 147 Å². The number of nitriles is 1. The van der Waals surface area contributed by atoms with Crippen LogP contribution >= 0.6 is 0 Å². The predicted octanol–water partition coefficient (Wildman–Crippen LogP) is 3.52. The van der Waals surface area contributed by atoms with E-state index in [-0.39, 0.29) is 17.2 Å². The van der Waals surface area contributed by atoms with Gasteiger partial charge >= 0.3 is 0 Å². The number of carbonyl (C=O) groups excluding carboxylic acids is 1. The highest BCUT2D eigenvalue weighted by atomic mass is 16.3. The monoisotopic (exact) mass is 332 g/mol. The van der Waals surface area contributed by atoms with Crippen LogP contribution in [0.5, 0.6) is 5.75 Å². The van der Waals surface area contributed by atoms with Crippen LogP contribution in [0.25, 0.3) is 6.08 Å². The van der Waals surface area contributed by atoms with Crippen LogP contribution in [-0.4, -0.2) is 17.6 Å². The van der Waals surface area contributed by atoms with Crippen molar-refractivity contribution in [2.24, 2.45) is 0 Å². The highest BCUT2D eigenvalue weighted by Gasteiger charge is 2.06. The van der Waals surface area contributed by atoms with E-state index in [0.29, 0.717) is 13.0 Å². The third-order valence-electron chi connectivity index (χ3n) is 3.63. The van der Waals surface area contributed by atoms with Gasteiger partial charge in [0.25, 0.3) is 5.91 Å². The summed E-state index contributed by atoms with van der Waals surface area (Å²) in [5, 5.41) is 21.1. The number of phenols is 1. The first-order valence-electron chi connectivity index (χ1n) is 8.00. The Bertz CT molecular complexity index is 810. The molecule has 4 heteroatoms. The first-order chi connectivity index (χ1) is 12.1. The van der Waals surface area contributed by atoms with E-state index in [1.807, 2.05) is 37.3 Å². The van der Waals surface area contributed by atoms with Crippen LogP contribution in [0.4, 0.5) is 0 Å². The zero-order valence-corrected chi connectivity index (χ0v) is 14.1. The van der Waals surface area contributed by atoms with Gasteiger partial charge in [-0.1, -0.05) is 54.1 Å². The molecular formula is C21H20N2O2. The smallest absolute Gasteiger partial charge is 0.261 e. The molecule has 2 rings (SSSR count). The molecule has 0 fully saturated rings. The molecule has 0 heterocycles. The van der Waals surface area contributed by atoms with E-state index >= 15 is 0 Å². The van der Waals surface area contributed by atoms with E-state index in [4.69, 9.17) is 5.26 Å². The van der Waals surface area contributed by atoms with Crippen LogP contribution < -0.4 is 5.32 Å². The summed E-state index contributed by atoms with van der Waals surface area (Å²) in [6, 6.07) is 16.7. The topological polar surface area (TPSA) is 73.1 Å². The average molecular weight is 332 g/mol. The van der Waals surface area contributed by atoms with E-state index in [0.717, 1.165) is 11.1 Å². The second kappa shape index (κ2) is 9.09. The van der Waals surface area contributed by atoms with Crippen LogP contribution in [0.3, 0.4) is 0 Å². The number of aromatic hydroxyl groups is 1. The standard InChI is InChI=1S/C21H20N2O2/c1-16-5-7-18(8-6-16)13-14-23-21(25)19(15-22)4-2-3-17-9-11-20(24)12-10-17/h2-12,24H,13-14H2,1H3,(H,23,25)/b3-2+,19-4+. The van der Waals surface area contributed by atoms with Gasteiger partial charge in [-0.3, -0.25) is 4.79 Å². The number of phenolic OH excluding ortho intramolecular Hbond substituents is 1. The maximum Gasteiger partial charge on any atom is 0.261 e. The first kappa shape index (κ1) is 18.0. The number of nitrogens with zero attached hydrogens (tertiary/aromatic N) is 1. The zero-order valence-electron chi connectivity index (χ0n) is 14.1. The van der Waals surface area contributed by atoms with Crippen molar-refractivity contribution in [2.75, 3.05) is 6.54 Å². The molecule has 2 N–H and O–H groups in total. The summed E-state index contributed by atoms with van der Waals surface area (Å²) in [5.41, 5.74) is 3.26. The maximum atomic E-state index is 12.0. The highest BCUT2D eigenvalue weighted by molar-refractivity contribution is 5.97. The van der Waals surface area contributed by atoms with Gasteiger partial charge in [-0.05, 0) is 42.7 Å². The van der Waals surface area contributed by atoms with Crippen molar-refractivity contribution in [1.82, 2.24) is 5.32 Å². The minimum absolute atomic E-state index is 0.0546. The van der Waals surface area contributed by atoms with Crippen LogP contribution in [0.1, 0.15) is 16.7 Å². The van der Waals surface area contributed by atoms with E-state index in [9.17, 15) is 9.90 Å². The van der Waals surface area contributed by atoms with Crippen molar-refractivity contribution in [2.45, 2.75) is 13.3 Å². The Morgan fingerprint density at radius 3 is 2.48 bits per heavy atom. The fourth-order valence-corrected chi connectivity index (χ4v) is 2.17. The third-order valence-corrected chi connectivity index (χ3v) is 3.63. The van der Waals surface area contributed by atoms with Crippen molar-refractivity contribution in [3.05, 3.63) is 82.9 Å². The van der Waals surface area contributed by atoms with Crippen molar-refractivity contribution in [1.29, 1.82) is 5.26 Å². The number of allylic oxidation sites excluding steroid dienone is 2. The molecule has 25 heavy (non-hydrogen) atoms. The summed E-state index contributed by atoms with van der Waals surface area (Å²) >= 11 is 0. The number of hydrogen-bond donors (Lipinski definition) is 2. The van der Waals surface area contributed by atoms with Gasteiger partial charge in [0, 0.05) is 6.54 Å². The molecule has 0 bridgehead atoms. The number of benzene rings is 2. The van der Waals surface area contributed by atoms with Gasteiger partial charge in [0.05, 0.1) is 0 Å². The summed E-state index contributed by atoms with van der Waals surface area (Å²) in [6.45, 7) is 2.50. The van der Waals surface area contributed by atoms with Crippen molar-refractivity contribution < 1.29 is 9.90 Å². The molecule has 1 amide bonds. The maximum absolute atomic E-state index is 12.0. The van der Waals surface area contributed by atoms with E-state index < -0.39 is 0 Å². The fraction of sp³-hybridized carbons (Fsp3) is 0.143. The highest BCUT2D eigenvalue weighted by Crippen LogP contribution is 2.11. The lowest BCUT2D eigenvalue weighted by atomic mass is 10.1. The van der Waals surface area contributed by atoms with Gasteiger partial charge in [-0.15, -0.1) is 0 Å². The fourth-order valence-electron chi connectivity index (χ4n) is 2.17. The molecule has 0 aliphatic heterocycles. The normalized spacial score (nSPS) is 11.3. The van der Waals surface area contributed by atoms with Crippen molar-refractivity contribution >= 4 is 12.0 Å². The lowest BCUT2D eigenvalue weighted by Crippen LogP contribution is -2.26. The van der Waals surface area contributed by atoms with Gasteiger partial charge in [0.15, 0.2) is 0 Å². The predicted molar refractivity (Wildman–Crippen MR) is 98.7 cm³/mol. The Kier molecular flexibility index (Phi) is 6.56. The van der Waals surface area contributed by atoms with Gasteiger partial charge in [-0.25, -0.2) is 0 Å². The molecule has 0 saturated carbocycles. The quantitative estimate of drug-likeness (QED) is 0.483. The SMILES string of the molecule is Cc1ccc(CCNC(=O)/C(C#N)=C/C=C/c2ccc(O)cc2)cc1. The number of carbonyl (C=O) groups is 1. The largest absolute Gasteiger partial charge is 0.508 e. The second-order valence-corrected chi connectivity index (χ2v) is 5.63. The molecule has 0 aliphatic carbocycles. The molecule has 0 unspecified atom stereocenters. The van der Waals surface area contributed by atoms with Gasteiger partial charge in [0.1, 0.15) is 17.4 Å². The average Bonchev–Trinajstić information content (AvgIpc) is 2.62. The van der Waals surface area contributed by atoms with E-state index in [2.05, 4.69) is 5.32 Å². The molecule has 2 aromatic rings. The first-order valence-corrected chi connectivity index (χ1v) is 8.00. The molecular weight excluding hydrogens is 312 g/mol. The van der Waals surface area contributed by atoms with Crippen LogP contribution in [-0.2, 0) is 11.2 Å². The molecule has 2 aromatic carbocycles. The molecule has 126 valence electrons. The summed E-state index contributed by atoms with van der Waals surface area (Å²) in [7, 11) is 0. The number of amides is 1.